The molecular formula is C12H15N3O2. The third kappa shape index (κ3) is 2.75. The molecule has 0 saturated heterocycles. The Bertz CT molecular complexity index is 465. The van der Waals surface area contributed by atoms with Crippen LogP contribution < -0.4 is 11.5 Å². The highest BCUT2D eigenvalue weighted by atomic mass is 16.5. The smallest absolute Gasteiger partial charge is 0.338 e. The molecular weight excluding hydrogens is 218 g/mol. The van der Waals surface area contributed by atoms with Crippen LogP contribution in [0, 0.1) is 0 Å². The highest BCUT2D eigenvalue weighted by Crippen LogP contribution is 2.22. The lowest BCUT2D eigenvalue weighted by atomic mass is 10.00. The van der Waals surface area contributed by atoms with Crippen molar-refractivity contribution >= 4 is 17.6 Å². The fourth-order valence-corrected chi connectivity index (χ4v) is 1.86. The van der Waals surface area contributed by atoms with E-state index in [-0.39, 0.29) is 11.9 Å². The Kier molecular flexibility index (Phi) is 3.27. The molecule has 2 rings (SSSR count). The normalized spacial score (nSPS) is 15.2. The number of carbonyl (C=O) groups is 1. The van der Waals surface area contributed by atoms with Crippen LogP contribution in [-0.2, 0) is 11.2 Å². The van der Waals surface area contributed by atoms with E-state index in [9.17, 15) is 4.79 Å². The first-order chi connectivity index (χ1) is 8.16. The van der Waals surface area contributed by atoms with E-state index in [2.05, 4.69) is 4.99 Å². The van der Waals surface area contributed by atoms with Crippen LogP contribution in [0.5, 0.6) is 0 Å². The molecule has 0 saturated carbocycles. The summed E-state index contributed by atoms with van der Waals surface area (Å²) in [6, 6.07) is 5.26. The van der Waals surface area contributed by atoms with Crippen molar-refractivity contribution in [2.45, 2.75) is 19.3 Å². The first kappa shape index (κ1) is 11.4. The van der Waals surface area contributed by atoms with Crippen LogP contribution in [0.3, 0.4) is 0 Å². The number of ether oxygens (including phenoxy) is 1. The Morgan fingerprint density at radius 3 is 2.88 bits per heavy atom. The van der Waals surface area contributed by atoms with E-state index in [4.69, 9.17) is 16.2 Å². The average Bonchev–Trinajstić information content (AvgIpc) is 2.25. The zero-order valence-corrected chi connectivity index (χ0v) is 9.48. The maximum Gasteiger partial charge on any atom is 0.338 e. The predicted molar refractivity (Wildman–Crippen MR) is 65.1 cm³/mol. The number of benzene rings is 1. The van der Waals surface area contributed by atoms with Gasteiger partial charge in [0.2, 0.25) is 0 Å². The number of fused-ring (bicyclic) bond motifs is 1. The largest absolute Gasteiger partial charge is 0.462 e. The number of aryl methyl sites for hydroxylation is 1. The molecule has 0 spiro atoms. The molecule has 90 valence electrons. The van der Waals surface area contributed by atoms with Gasteiger partial charge in [0.1, 0.15) is 0 Å². The molecule has 1 heterocycles. The number of carbonyl (C=O) groups excluding carboxylic acids is 1. The van der Waals surface area contributed by atoms with Gasteiger partial charge in [0, 0.05) is 0 Å². The molecule has 4 N–H and O–H groups in total. The van der Waals surface area contributed by atoms with Gasteiger partial charge in [-0.3, -0.25) is 0 Å². The zero-order chi connectivity index (χ0) is 12.3. The zero-order valence-electron chi connectivity index (χ0n) is 9.48. The predicted octanol–water partition coefficient (Wildman–Crippen LogP) is 1.08. The maximum absolute atomic E-state index is 11.7. The second kappa shape index (κ2) is 4.86. The van der Waals surface area contributed by atoms with E-state index >= 15 is 0 Å². The summed E-state index contributed by atoms with van der Waals surface area (Å²) in [6.07, 6.45) is 2.72. The standard InChI is InChI=1S/C12H15N3O2/c13-12(14)15-9-4-5-10-8(7-9)3-1-2-6-17-11(10)16/h4-5,7H,1-3,6H2,(H4,13,14,15). The summed E-state index contributed by atoms with van der Waals surface area (Å²) in [5.74, 6) is -0.255. The Morgan fingerprint density at radius 2 is 2.12 bits per heavy atom. The summed E-state index contributed by atoms with van der Waals surface area (Å²) < 4.78 is 5.11. The molecule has 1 aliphatic heterocycles. The van der Waals surface area contributed by atoms with Gasteiger partial charge in [-0.25, -0.2) is 9.79 Å². The molecule has 1 aromatic rings. The lowest BCUT2D eigenvalue weighted by molar-refractivity contribution is 0.0490. The lowest BCUT2D eigenvalue weighted by Gasteiger charge is -2.13. The maximum atomic E-state index is 11.7. The van der Waals surface area contributed by atoms with E-state index in [1.807, 2.05) is 6.07 Å². The summed E-state index contributed by atoms with van der Waals surface area (Å²) >= 11 is 0. The quantitative estimate of drug-likeness (QED) is 0.431. The fourth-order valence-electron chi connectivity index (χ4n) is 1.86. The minimum absolute atomic E-state index is 0.0124. The molecule has 0 unspecified atom stereocenters. The lowest BCUT2D eigenvalue weighted by Crippen LogP contribution is -2.22. The molecule has 0 atom stereocenters. The van der Waals surface area contributed by atoms with Gasteiger partial charge < -0.3 is 16.2 Å². The van der Waals surface area contributed by atoms with Crippen molar-refractivity contribution in [1.29, 1.82) is 0 Å². The van der Waals surface area contributed by atoms with Crippen LogP contribution in [0.1, 0.15) is 28.8 Å². The third-order valence-electron chi connectivity index (χ3n) is 2.64. The number of cyclic esters (lactones) is 1. The van der Waals surface area contributed by atoms with Crippen LogP contribution >= 0.6 is 0 Å². The molecule has 5 heteroatoms. The van der Waals surface area contributed by atoms with Crippen LogP contribution in [0.25, 0.3) is 0 Å². The first-order valence-electron chi connectivity index (χ1n) is 5.56. The van der Waals surface area contributed by atoms with Gasteiger partial charge in [0.05, 0.1) is 17.9 Å². The van der Waals surface area contributed by atoms with Crippen LogP contribution in [0.2, 0.25) is 0 Å². The summed E-state index contributed by atoms with van der Waals surface area (Å²) in [5, 5.41) is 0. The minimum Gasteiger partial charge on any atom is -0.462 e. The molecule has 0 fully saturated rings. The van der Waals surface area contributed by atoms with Crippen molar-refractivity contribution < 1.29 is 9.53 Å². The van der Waals surface area contributed by atoms with Crippen LogP contribution in [0.4, 0.5) is 5.69 Å². The Labute approximate surface area is 99.5 Å². The number of hydrogen-bond donors (Lipinski definition) is 2. The summed E-state index contributed by atoms with van der Waals surface area (Å²) in [7, 11) is 0. The summed E-state index contributed by atoms with van der Waals surface area (Å²) in [6.45, 7) is 0.494. The van der Waals surface area contributed by atoms with Gasteiger partial charge >= 0.3 is 5.97 Å². The van der Waals surface area contributed by atoms with Crippen molar-refractivity contribution in [2.75, 3.05) is 6.61 Å². The Hall–Kier alpha value is -2.04. The molecule has 1 aromatic carbocycles. The van der Waals surface area contributed by atoms with Crippen molar-refractivity contribution in [3.05, 3.63) is 29.3 Å². The summed E-state index contributed by atoms with van der Waals surface area (Å²) in [5.41, 5.74) is 12.9. The number of rotatable bonds is 1. The Morgan fingerprint density at radius 1 is 1.29 bits per heavy atom. The van der Waals surface area contributed by atoms with E-state index in [0.717, 1.165) is 24.8 Å². The van der Waals surface area contributed by atoms with E-state index in [0.29, 0.717) is 17.9 Å². The van der Waals surface area contributed by atoms with Crippen molar-refractivity contribution in [3.8, 4) is 0 Å². The Balaban J connectivity index is 2.38. The van der Waals surface area contributed by atoms with Crippen molar-refractivity contribution in [3.63, 3.8) is 0 Å². The molecule has 1 aliphatic rings. The second-order valence-electron chi connectivity index (χ2n) is 3.97. The molecule has 0 aromatic heterocycles. The SMILES string of the molecule is NC(N)=Nc1ccc2c(c1)CCCCOC2=O. The van der Waals surface area contributed by atoms with E-state index in [1.54, 1.807) is 12.1 Å². The number of guanidine groups is 1. The molecule has 17 heavy (non-hydrogen) atoms. The highest BCUT2D eigenvalue weighted by molar-refractivity contribution is 5.92. The molecule has 0 amide bonds. The van der Waals surface area contributed by atoms with Gasteiger partial charge in [0.25, 0.3) is 0 Å². The molecule has 0 aliphatic carbocycles. The third-order valence-corrected chi connectivity index (χ3v) is 2.64. The monoisotopic (exact) mass is 233 g/mol. The van der Waals surface area contributed by atoms with E-state index in [1.165, 1.54) is 0 Å². The molecule has 0 bridgehead atoms. The van der Waals surface area contributed by atoms with Gasteiger partial charge in [-0.1, -0.05) is 0 Å². The van der Waals surface area contributed by atoms with E-state index < -0.39 is 0 Å². The molecule has 0 radical (unpaired) electrons. The van der Waals surface area contributed by atoms with Crippen molar-refractivity contribution in [2.24, 2.45) is 16.5 Å². The first-order valence-corrected chi connectivity index (χ1v) is 5.56. The highest BCUT2D eigenvalue weighted by Gasteiger charge is 2.15. The number of hydrogen-bond acceptors (Lipinski definition) is 3. The van der Waals surface area contributed by atoms with Gasteiger partial charge in [-0.15, -0.1) is 0 Å². The van der Waals surface area contributed by atoms with Crippen LogP contribution in [0.15, 0.2) is 23.2 Å². The number of nitrogens with two attached hydrogens (primary N) is 2. The number of aliphatic imine (C=N–C) groups is 1. The topological polar surface area (TPSA) is 90.7 Å². The summed E-state index contributed by atoms with van der Waals surface area (Å²) in [4.78, 5) is 15.7. The van der Waals surface area contributed by atoms with Gasteiger partial charge in [-0.2, -0.15) is 0 Å². The minimum atomic E-state index is -0.268. The van der Waals surface area contributed by atoms with Crippen molar-refractivity contribution in [1.82, 2.24) is 0 Å². The fraction of sp³-hybridized carbons (Fsp3) is 0.333. The van der Waals surface area contributed by atoms with Crippen LogP contribution in [-0.4, -0.2) is 18.5 Å². The van der Waals surface area contributed by atoms with Gasteiger partial charge in [-0.05, 0) is 43.0 Å². The molecule has 5 nitrogen and oxygen atoms in total. The average molecular weight is 233 g/mol. The number of nitrogens with zero attached hydrogens (tertiary/aromatic N) is 1. The van der Waals surface area contributed by atoms with Gasteiger partial charge in [0.15, 0.2) is 5.96 Å². The second-order valence-corrected chi connectivity index (χ2v) is 3.97. The number of esters is 1.